The van der Waals surface area contributed by atoms with Gasteiger partial charge in [-0.05, 0) is 139 Å². The summed E-state index contributed by atoms with van der Waals surface area (Å²) in [6, 6.07) is 51.9. The van der Waals surface area contributed by atoms with Crippen LogP contribution in [0.3, 0.4) is 0 Å². The number of benzene rings is 6. The smallest absolute Gasteiger partial charge is 0.123 e. The maximum absolute atomic E-state index is 2.59. The first-order valence-electron chi connectivity index (χ1n) is 22.8. The fourth-order valence-electron chi connectivity index (χ4n) is 12.5. The first-order chi connectivity index (χ1) is 29.7. The molecule has 6 aromatic rings. The van der Waals surface area contributed by atoms with Crippen molar-refractivity contribution in [2.75, 3.05) is 16.3 Å². The number of hydrogen-bond acceptors (Lipinski definition) is 2. The first-order valence-corrected chi connectivity index (χ1v) is 25.2. The predicted molar refractivity (Wildman–Crippen MR) is 262 cm³/mol. The molecule has 12 rings (SSSR count). The molecule has 0 atom stereocenters. The Labute approximate surface area is 363 Å². The zero-order chi connectivity index (χ0) is 41.1. The number of allylic oxidation sites excluding steroid dienone is 5. The van der Waals surface area contributed by atoms with Crippen molar-refractivity contribution in [3.05, 3.63) is 196 Å². The van der Waals surface area contributed by atoms with Crippen molar-refractivity contribution >= 4 is 58.9 Å². The summed E-state index contributed by atoms with van der Waals surface area (Å²) in [5, 5.41) is 3.28. The van der Waals surface area contributed by atoms with E-state index in [-0.39, 0.29) is 10.8 Å². The Balaban J connectivity index is 0.819. The Morgan fingerprint density at radius 1 is 0.557 bits per heavy atom. The summed E-state index contributed by atoms with van der Waals surface area (Å²) >= 11 is 0. The van der Waals surface area contributed by atoms with Gasteiger partial charge in [0, 0.05) is 45.8 Å². The van der Waals surface area contributed by atoms with Crippen LogP contribution in [0.4, 0.5) is 22.7 Å². The van der Waals surface area contributed by atoms with Gasteiger partial charge in [-0.3, -0.25) is 0 Å². The van der Waals surface area contributed by atoms with E-state index >= 15 is 0 Å². The molecule has 1 saturated heterocycles. The summed E-state index contributed by atoms with van der Waals surface area (Å²) < 4.78 is 0. The molecule has 61 heavy (non-hydrogen) atoms. The predicted octanol–water partition coefficient (Wildman–Crippen LogP) is 13.6. The van der Waals surface area contributed by atoms with Crippen LogP contribution in [0.5, 0.6) is 0 Å². The summed E-state index contributed by atoms with van der Waals surface area (Å²) in [4.78, 5) is 5.12. The molecule has 2 nitrogen and oxygen atoms in total. The molecule has 300 valence electrons. The molecule has 0 radical (unpaired) electrons. The summed E-state index contributed by atoms with van der Waals surface area (Å²) in [6.07, 6.45) is 18.0. The highest BCUT2D eigenvalue weighted by Crippen LogP contribution is 2.52. The Bertz CT molecular complexity index is 2900. The summed E-state index contributed by atoms with van der Waals surface area (Å²) in [7, 11) is -1.76. The van der Waals surface area contributed by atoms with E-state index in [2.05, 4.69) is 195 Å². The van der Waals surface area contributed by atoms with E-state index in [1.165, 1.54) is 121 Å². The topological polar surface area (TPSA) is 6.48 Å². The second kappa shape index (κ2) is 13.5. The van der Waals surface area contributed by atoms with Crippen LogP contribution in [-0.2, 0) is 17.3 Å². The minimum atomic E-state index is -1.76. The first kappa shape index (κ1) is 36.9. The zero-order valence-electron chi connectivity index (χ0n) is 36.1. The number of aryl methyl sites for hydroxylation is 1. The van der Waals surface area contributed by atoms with E-state index in [4.69, 9.17) is 0 Å². The van der Waals surface area contributed by atoms with Gasteiger partial charge >= 0.3 is 0 Å². The van der Waals surface area contributed by atoms with Gasteiger partial charge in [-0.15, -0.1) is 0 Å². The van der Waals surface area contributed by atoms with Crippen LogP contribution in [0.25, 0.3) is 28.9 Å². The Morgan fingerprint density at radius 3 is 1.85 bits per heavy atom. The number of nitrogens with zero attached hydrogens (tertiary/aromatic N) is 2. The molecule has 1 spiro atoms. The van der Waals surface area contributed by atoms with Crippen LogP contribution in [0.1, 0.15) is 92.3 Å². The fraction of sp³-hybridized carbons (Fsp3) is 0.241. The van der Waals surface area contributed by atoms with Crippen molar-refractivity contribution in [1.29, 1.82) is 0 Å². The highest BCUT2D eigenvalue weighted by atomic mass is 28.3. The Kier molecular flexibility index (Phi) is 8.20. The van der Waals surface area contributed by atoms with E-state index < -0.39 is 8.07 Å². The third kappa shape index (κ3) is 5.45. The van der Waals surface area contributed by atoms with Crippen molar-refractivity contribution in [3.8, 4) is 11.1 Å². The summed E-state index contributed by atoms with van der Waals surface area (Å²) in [6.45, 7) is 10.7. The monoisotopic (exact) mass is 806 g/mol. The molecular weight excluding hydrogens is 753 g/mol. The fourth-order valence-corrected chi connectivity index (χ4v) is 18.0. The summed E-state index contributed by atoms with van der Waals surface area (Å²) in [5.41, 5.74) is 21.9. The van der Waals surface area contributed by atoms with E-state index in [0.717, 1.165) is 19.4 Å². The molecule has 0 unspecified atom stereocenters. The molecule has 6 aromatic carbocycles. The van der Waals surface area contributed by atoms with Crippen LogP contribution in [-0.4, -0.2) is 14.6 Å². The molecule has 3 heterocycles. The third-order valence-electron chi connectivity index (χ3n) is 15.6. The lowest BCUT2D eigenvalue weighted by molar-refractivity contribution is 0.625. The molecule has 6 aliphatic rings. The van der Waals surface area contributed by atoms with Gasteiger partial charge in [-0.1, -0.05) is 162 Å². The number of hydrogen-bond donors (Lipinski definition) is 0. The maximum Gasteiger partial charge on any atom is 0.123 e. The van der Waals surface area contributed by atoms with Gasteiger partial charge in [0.15, 0.2) is 0 Å². The minimum absolute atomic E-state index is 0.0676. The second-order valence-electron chi connectivity index (χ2n) is 19.5. The van der Waals surface area contributed by atoms with Crippen LogP contribution in [0.15, 0.2) is 157 Å². The van der Waals surface area contributed by atoms with Crippen LogP contribution in [0.2, 0.25) is 12.1 Å². The van der Waals surface area contributed by atoms with E-state index in [9.17, 15) is 0 Å². The van der Waals surface area contributed by atoms with E-state index in [1.54, 1.807) is 10.4 Å². The van der Waals surface area contributed by atoms with E-state index in [0.29, 0.717) is 0 Å². The van der Waals surface area contributed by atoms with Crippen molar-refractivity contribution in [1.82, 2.24) is 0 Å². The lowest BCUT2D eigenvalue weighted by Crippen LogP contribution is -2.61. The zero-order valence-corrected chi connectivity index (χ0v) is 37.1. The molecule has 0 bridgehead atoms. The van der Waals surface area contributed by atoms with E-state index in [1.807, 2.05) is 0 Å². The van der Waals surface area contributed by atoms with Gasteiger partial charge in [0.2, 0.25) is 0 Å². The minimum Gasteiger partial charge on any atom is -0.341 e. The number of para-hydroxylation sites is 3. The molecule has 1 fully saturated rings. The van der Waals surface area contributed by atoms with Crippen molar-refractivity contribution in [3.63, 3.8) is 0 Å². The third-order valence-corrected chi connectivity index (χ3v) is 21.0. The van der Waals surface area contributed by atoms with Gasteiger partial charge in [-0.2, -0.15) is 0 Å². The lowest BCUT2D eigenvalue weighted by Gasteiger charge is -2.43. The largest absolute Gasteiger partial charge is 0.341 e. The average Bonchev–Trinajstić information content (AvgIpc) is 3.85. The van der Waals surface area contributed by atoms with Gasteiger partial charge in [0.05, 0.1) is 0 Å². The van der Waals surface area contributed by atoms with Gasteiger partial charge in [-0.25, -0.2) is 0 Å². The molecular formula is C58H54N2Si. The molecule has 0 N–H and O–H groups in total. The van der Waals surface area contributed by atoms with Gasteiger partial charge in [0.1, 0.15) is 8.07 Å². The number of fused-ring (bicyclic) bond motifs is 10. The lowest BCUT2D eigenvalue weighted by atomic mass is 9.79. The molecule has 3 aliphatic carbocycles. The molecule has 3 heteroatoms. The molecule has 0 amide bonds. The maximum atomic E-state index is 2.59. The van der Waals surface area contributed by atoms with Gasteiger partial charge in [0.25, 0.3) is 0 Å². The van der Waals surface area contributed by atoms with Gasteiger partial charge < -0.3 is 9.80 Å². The SMILES string of the molecule is CC1(C)C2=C(C=CC(N3c4ccccc4[Si]4(CCCC4)c4ccccc43)=CC2)c2ccc(C=Cc3ccc4c(c3)C(C)(C)c3cc(N5CCCc6ccccc65)ccc3-4)cc21. The highest BCUT2D eigenvalue weighted by Gasteiger charge is 2.47. The quantitative estimate of drug-likeness (QED) is 0.129. The molecule has 0 saturated carbocycles. The number of rotatable bonds is 4. The van der Waals surface area contributed by atoms with Crippen molar-refractivity contribution < 1.29 is 0 Å². The van der Waals surface area contributed by atoms with Crippen LogP contribution < -0.4 is 20.2 Å². The standard InChI is InChI=1S/C58H54N2Si/c1-57(2)48-32-27-42(60-53-17-7-9-19-55(53)61(34-11-12-35-61)56-20-10-8-18-54(56)60)25-30-44(48)45-28-23-39(36-49(45)57)21-22-40-24-29-46-47-31-26-43(38-51(47)58(3,4)50(46)37-40)59-33-13-15-41-14-5-6-16-52(41)59/h5-10,14,16-31,36-38H,11-13,15,32-35H2,1-4H3. The molecule has 3 aliphatic heterocycles. The van der Waals surface area contributed by atoms with Crippen molar-refractivity contribution in [2.24, 2.45) is 0 Å². The Morgan fingerprint density at radius 2 is 1.15 bits per heavy atom. The normalized spacial score (nSPS) is 19.5. The van der Waals surface area contributed by atoms with Crippen LogP contribution >= 0.6 is 0 Å². The number of anilines is 4. The van der Waals surface area contributed by atoms with Crippen molar-refractivity contribution in [2.45, 2.75) is 82.7 Å². The second-order valence-corrected chi connectivity index (χ2v) is 23.8. The molecule has 0 aromatic heterocycles. The van der Waals surface area contributed by atoms with Crippen LogP contribution in [0, 0.1) is 0 Å². The Hall–Kier alpha value is -5.90. The highest BCUT2D eigenvalue weighted by molar-refractivity contribution is 7.05. The summed E-state index contributed by atoms with van der Waals surface area (Å²) in [5.74, 6) is 0. The average molecular weight is 807 g/mol.